The lowest BCUT2D eigenvalue weighted by molar-refractivity contribution is 0.0503. The van der Waals surface area contributed by atoms with Gasteiger partial charge in [-0.15, -0.1) is 22.7 Å². The van der Waals surface area contributed by atoms with Crippen LogP contribution in [-0.2, 0) is 22.6 Å². The highest BCUT2D eigenvalue weighted by Gasteiger charge is 2.23. The summed E-state index contributed by atoms with van der Waals surface area (Å²) in [5.41, 5.74) is 0. The van der Waals surface area contributed by atoms with E-state index in [0.29, 0.717) is 39.4 Å². The Labute approximate surface area is 191 Å². The molecule has 0 spiro atoms. The van der Waals surface area contributed by atoms with Crippen molar-refractivity contribution in [3.05, 3.63) is 44.8 Å². The molecule has 7 nitrogen and oxygen atoms in total. The van der Waals surface area contributed by atoms with Crippen molar-refractivity contribution in [3.8, 4) is 0 Å². The van der Waals surface area contributed by atoms with Crippen molar-refractivity contribution in [2.45, 2.75) is 45.3 Å². The van der Waals surface area contributed by atoms with E-state index in [0.717, 1.165) is 29.0 Å². The number of urea groups is 1. The number of ether oxygens (including phenoxy) is 2. The highest BCUT2D eigenvalue weighted by atomic mass is 32.1. The van der Waals surface area contributed by atoms with Crippen molar-refractivity contribution in [3.63, 3.8) is 0 Å². The van der Waals surface area contributed by atoms with Gasteiger partial charge in [-0.05, 0) is 29.3 Å². The molecule has 2 aromatic heterocycles. The lowest BCUT2D eigenvalue weighted by Crippen LogP contribution is -2.50. The lowest BCUT2D eigenvalue weighted by atomic mass is 10.1. The fraction of sp³-hybridized carbons (Fsp3) is 0.545. The van der Waals surface area contributed by atoms with Crippen LogP contribution in [0, 0.1) is 0 Å². The zero-order valence-electron chi connectivity index (χ0n) is 18.0. The molecule has 9 heteroatoms. The molecular formula is C22H31N3O4S2. The zero-order chi connectivity index (χ0) is 21.9. The van der Waals surface area contributed by atoms with Crippen molar-refractivity contribution in [2.24, 2.45) is 0 Å². The zero-order valence-corrected chi connectivity index (χ0v) is 19.6. The number of carbonyl (C=O) groups excluding carboxylic acids is 2. The van der Waals surface area contributed by atoms with Gasteiger partial charge in [0, 0.05) is 22.8 Å². The van der Waals surface area contributed by atoms with E-state index in [4.69, 9.17) is 9.47 Å². The maximum Gasteiger partial charge on any atom is 0.410 e. The Morgan fingerprint density at radius 1 is 1.16 bits per heavy atom. The van der Waals surface area contributed by atoms with E-state index >= 15 is 0 Å². The number of thiophene rings is 2. The summed E-state index contributed by atoms with van der Waals surface area (Å²) < 4.78 is 11.0. The van der Waals surface area contributed by atoms with Crippen molar-refractivity contribution in [1.82, 2.24) is 15.1 Å². The first kappa shape index (κ1) is 23.6. The van der Waals surface area contributed by atoms with Gasteiger partial charge in [0.25, 0.3) is 0 Å². The summed E-state index contributed by atoms with van der Waals surface area (Å²) in [7, 11) is 0. The van der Waals surface area contributed by atoms with E-state index < -0.39 is 0 Å². The van der Waals surface area contributed by atoms with Crippen LogP contribution in [0.5, 0.6) is 0 Å². The van der Waals surface area contributed by atoms with Crippen molar-refractivity contribution >= 4 is 34.8 Å². The largest absolute Gasteiger partial charge is 0.447 e. The molecule has 0 bridgehead atoms. The minimum absolute atomic E-state index is 0.116. The maximum absolute atomic E-state index is 12.9. The molecule has 0 saturated carbocycles. The second kappa shape index (κ2) is 12.7. The molecule has 0 unspecified atom stereocenters. The van der Waals surface area contributed by atoms with E-state index in [-0.39, 0.29) is 24.8 Å². The molecule has 170 valence electrons. The molecule has 2 aromatic rings. The monoisotopic (exact) mass is 465 g/mol. The molecule has 3 amide bonds. The molecule has 1 saturated heterocycles. The summed E-state index contributed by atoms with van der Waals surface area (Å²) in [6, 6.07) is 7.68. The molecule has 0 radical (unpaired) electrons. The third-order valence-corrected chi connectivity index (χ3v) is 6.77. The van der Waals surface area contributed by atoms with E-state index in [1.807, 2.05) is 35.0 Å². The molecule has 31 heavy (non-hydrogen) atoms. The van der Waals surface area contributed by atoms with Gasteiger partial charge in [-0.25, -0.2) is 9.59 Å². The SMILES string of the molecule is CCCC[C@@H](COC(=O)N(Cc1cccs1)Cc1cccs1)NC(=O)N1CCOCC1. The number of hydrogen-bond acceptors (Lipinski definition) is 6. The van der Waals surface area contributed by atoms with Gasteiger partial charge in [-0.3, -0.25) is 4.90 Å². The van der Waals surface area contributed by atoms with Crippen LogP contribution in [0.25, 0.3) is 0 Å². The van der Waals surface area contributed by atoms with Crippen LogP contribution in [0.2, 0.25) is 0 Å². The van der Waals surface area contributed by atoms with Gasteiger partial charge in [0.05, 0.1) is 32.3 Å². The molecule has 1 fully saturated rings. The Morgan fingerprint density at radius 2 is 1.81 bits per heavy atom. The Morgan fingerprint density at radius 3 is 2.35 bits per heavy atom. The second-order valence-corrected chi connectivity index (χ2v) is 9.54. The normalized spacial score (nSPS) is 14.8. The highest BCUT2D eigenvalue weighted by Crippen LogP contribution is 2.18. The van der Waals surface area contributed by atoms with Gasteiger partial charge < -0.3 is 19.7 Å². The van der Waals surface area contributed by atoms with E-state index in [2.05, 4.69) is 12.2 Å². The average Bonchev–Trinajstić information content (AvgIpc) is 3.50. The standard InChI is InChI=1S/C22H31N3O4S2/c1-2-3-6-18(23-21(26)24-9-11-28-12-10-24)17-29-22(27)25(15-19-7-4-13-30-19)16-20-8-5-14-31-20/h4-5,7-8,13-14,18H,2-3,6,9-12,15-17H2,1H3,(H,23,26)/t18-/m0/s1. The van der Waals surface area contributed by atoms with Crippen LogP contribution in [0.3, 0.4) is 0 Å². The van der Waals surface area contributed by atoms with Crippen LogP contribution >= 0.6 is 22.7 Å². The Bertz CT molecular complexity index is 741. The third kappa shape index (κ3) is 7.83. The summed E-state index contributed by atoms with van der Waals surface area (Å²) in [6.45, 7) is 5.58. The predicted octanol–water partition coefficient (Wildman–Crippen LogP) is 4.55. The molecule has 1 N–H and O–H groups in total. The molecular weight excluding hydrogens is 434 g/mol. The number of amides is 3. The first-order valence-electron chi connectivity index (χ1n) is 10.8. The molecule has 3 rings (SSSR count). The van der Waals surface area contributed by atoms with Gasteiger partial charge >= 0.3 is 12.1 Å². The van der Waals surface area contributed by atoms with Crippen LogP contribution < -0.4 is 5.32 Å². The third-order valence-electron chi connectivity index (χ3n) is 5.05. The van der Waals surface area contributed by atoms with Gasteiger partial charge in [0.2, 0.25) is 0 Å². The molecule has 1 aliphatic heterocycles. The van der Waals surface area contributed by atoms with Crippen LogP contribution in [0.1, 0.15) is 35.9 Å². The predicted molar refractivity (Wildman–Crippen MR) is 123 cm³/mol. The molecule has 0 aliphatic carbocycles. The first-order valence-corrected chi connectivity index (χ1v) is 12.5. The van der Waals surface area contributed by atoms with Gasteiger partial charge in [0.1, 0.15) is 6.61 Å². The fourth-order valence-electron chi connectivity index (χ4n) is 3.31. The smallest absolute Gasteiger partial charge is 0.410 e. The van der Waals surface area contributed by atoms with Crippen molar-refractivity contribution in [2.75, 3.05) is 32.9 Å². The summed E-state index contributed by atoms with van der Waals surface area (Å²) in [5, 5.41) is 7.06. The Kier molecular flexibility index (Phi) is 9.64. The topological polar surface area (TPSA) is 71.1 Å². The number of hydrogen-bond donors (Lipinski definition) is 1. The van der Waals surface area contributed by atoms with E-state index in [9.17, 15) is 9.59 Å². The number of carbonyl (C=O) groups is 2. The number of unbranched alkanes of at least 4 members (excludes halogenated alkanes) is 1. The Hall–Kier alpha value is -2.10. The minimum atomic E-state index is -0.357. The van der Waals surface area contributed by atoms with Crippen LogP contribution in [-0.4, -0.2) is 60.9 Å². The second-order valence-electron chi connectivity index (χ2n) is 7.48. The molecule has 3 heterocycles. The van der Waals surface area contributed by atoms with Crippen molar-refractivity contribution in [1.29, 1.82) is 0 Å². The van der Waals surface area contributed by atoms with Gasteiger partial charge in [0.15, 0.2) is 0 Å². The number of rotatable bonds is 10. The fourth-order valence-corrected chi connectivity index (χ4v) is 4.75. The average molecular weight is 466 g/mol. The van der Waals surface area contributed by atoms with Gasteiger partial charge in [-0.2, -0.15) is 0 Å². The number of morpholine rings is 1. The highest BCUT2D eigenvalue weighted by molar-refractivity contribution is 7.10. The van der Waals surface area contributed by atoms with Crippen LogP contribution in [0.15, 0.2) is 35.0 Å². The number of nitrogens with one attached hydrogen (secondary N) is 1. The Balaban J connectivity index is 1.57. The number of nitrogens with zero attached hydrogens (tertiary/aromatic N) is 2. The van der Waals surface area contributed by atoms with Gasteiger partial charge in [-0.1, -0.05) is 31.9 Å². The summed E-state index contributed by atoms with van der Waals surface area (Å²) in [6.07, 6.45) is 2.39. The molecule has 1 aliphatic rings. The minimum Gasteiger partial charge on any atom is -0.447 e. The van der Waals surface area contributed by atoms with Crippen LogP contribution in [0.4, 0.5) is 9.59 Å². The van der Waals surface area contributed by atoms with Crippen molar-refractivity contribution < 1.29 is 19.1 Å². The first-order chi connectivity index (χ1) is 15.2. The quantitative estimate of drug-likeness (QED) is 0.559. The maximum atomic E-state index is 12.9. The lowest BCUT2D eigenvalue weighted by Gasteiger charge is -2.29. The molecule has 0 aromatic carbocycles. The summed E-state index contributed by atoms with van der Waals surface area (Å²) in [5.74, 6) is 0. The molecule has 1 atom stereocenters. The summed E-state index contributed by atoms with van der Waals surface area (Å²) in [4.78, 5) is 31.2. The van der Waals surface area contributed by atoms with E-state index in [1.54, 1.807) is 32.5 Å². The summed E-state index contributed by atoms with van der Waals surface area (Å²) >= 11 is 3.24. The van der Waals surface area contributed by atoms with E-state index in [1.165, 1.54) is 0 Å².